The van der Waals surface area contributed by atoms with E-state index in [4.69, 9.17) is 27.9 Å². The fourth-order valence-electron chi connectivity index (χ4n) is 3.28. The Morgan fingerprint density at radius 3 is 2.66 bits per heavy atom. The van der Waals surface area contributed by atoms with Crippen LogP contribution < -0.4 is 10.3 Å². The summed E-state index contributed by atoms with van der Waals surface area (Å²) in [5, 5.41) is 1.45. The van der Waals surface area contributed by atoms with E-state index in [0.717, 1.165) is 16.5 Å². The Labute approximate surface area is 178 Å². The predicted molar refractivity (Wildman–Crippen MR) is 115 cm³/mol. The molecule has 1 aromatic carbocycles. The third-order valence-electron chi connectivity index (χ3n) is 4.70. The van der Waals surface area contributed by atoms with Crippen LogP contribution in [0.25, 0.3) is 10.9 Å². The Hall–Kier alpha value is -2.57. The molecule has 1 amide bonds. The molecule has 0 bridgehead atoms. The van der Waals surface area contributed by atoms with Crippen molar-refractivity contribution < 1.29 is 9.53 Å². The highest BCUT2D eigenvalue weighted by Crippen LogP contribution is 2.40. The number of methoxy groups -OCH3 is 1. The summed E-state index contributed by atoms with van der Waals surface area (Å²) in [5.74, 6) is 0.324. The standard InChI is InChI=1S/C19H15Cl2N3O3.C2H6/c1-27-14-6-12-13-9-24(16(26)10-23-5-3-2-4-15(23)25)8-11(13)7-22-19(12)18(21)17(14)20;1-2/h2-7H,8-10H2,1H3;1-2H3. The highest BCUT2D eigenvalue weighted by atomic mass is 35.5. The topological polar surface area (TPSA) is 64.4 Å². The number of hydrogen-bond acceptors (Lipinski definition) is 4. The third-order valence-corrected chi connectivity index (χ3v) is 5.54. The zero-order valence-corrected chi connectivity index (χ0v) is 17.9. The Balaban J connectivity index is 0.00000117. The van der Waals surface area contributed by atoms with Gasteiger partial charge in [-0.05, 0) is 23.3 Å². The molecule has 4 rings (SSSR count). The van der Waals surface area contributed by atoms with Crippen LogP contribution in [-0.2, 0) is 24.4 Å². The second-order valence-corrected chi connectivity index (χ2v) is 7.04. The smallest absolute Gasteiger partial charge is 0.250 e. The molecule has 0 saturated carbocycles. The van der Waals surface area contributed by atoms with Crippen molar-refractivity contribution in [3.05, 3.63) is 68.2 Å². The Kier molecular flexibility index (Phi) is 6.45. The number of nitrogens with zero attached hydrogens (tertiary/aromatic N) is 3. The molecule has 0 fully saturated rings. The minimum absolute atomic E-state index is 0.00503. The molecular weight excluding hydrogens is 413 g/mol. The number of ether oxygens (including phenoxy) is 1. The van der Waals surface area contributed by atoms with E-state index in [1.165, 1.54) is 17.7 Å². The van der Waals surface area contributed by atoms with Gasteiger partial charge in [0, 0.05) is 36.9 Å². The number of aromatic nitrogens is 2. The van der Waals surface area contributed by atoms with Crippen LogP contribution in [-0.4, -0.2) is 27.5 Å². The van der Waals surface area contributed by atoms with Crippen LogP contribution in [0.5, 0.6) is 5.75 Å². The fraction of sp³-hybridized carbons (Fsp3) is 0.286. The molecule has 3 aromatic rings. The number of fused-ring (bicyclic) bond motifs is 3. The van der Waals surface area contributed by atoms with Crippen molar-refractivity contribution in [3.63, 3.8) is 0 Å². The normalized spacial score (nSPS) is 12.4. The summed E-state index contributed by atoms with van der Waals surface area (Å²) in [4.78, 5) is 30.6. The van der Waals surface area contributed by atoms with Crippen LogP contribution in [0, 0.1) is 0 Å². The van der Waals surface area contributed by atoms with Gasteiger partial charge in [0.25, 0.3) is 5.56 Å². The molecule has 0 radical (unpaired) electrons. The number of benzene rings is 1. The van der Waals surface area contributed by atoms with Crippen LogP contribution in [0.1, 0.15) is 25.0 Å². The molecule has 0 aliphatic carbocycles. The number of carbonyl (C=O) groups excluding carboxylic acids is 1. The summed E-state index contributed by atoms with van der Waals surface area (Å²) in [5.41, 5.74) is 2.28. The number of halogens is 2. The molecule has 8 heteroatoms. The van der Waals surface area contributed by atoms with Crippen LogP contribution in [0.4, 0.5) is 0 Å². The maximum absolute atomic E-state index is 12.7. The molecular formula is C21H21Cl2N3O3. The lowest BCUT2D eigenvalue weighted by molar-refractivity contribution is -0.132. The highest BCUT2D eigenvalue weighted by Gasteiger charge is 2.27. The van der Waals surface area contributed by atoms with Gasteiger partial charge in [-0.1, -0.05) is 43.1 Å². The van der Waals surface area contributed by atoms with E-state index >= 15 is 0 Å². The molecule has 6 nitrogen and oxygen atoms in total. The molecule has 1 aliphatic rings. The first-order valence-corrected chi connectivity index (χ1v) is 10.0. The molecule has 2 aromatic heterocycles. The monoisotopic (exact) mass is 433 g/mol. The van der Waals surface area contributed by atoms with Crippen LogP contribution in [0.3, 0.4) is 0 Å². The van der Waals surface area contributed by atoms with Gasteiger partial charge < -0.3 is 14.2 Å². The van der Waals surface area contributed by atoms with E-state index in [0.29, 0.717) is 34.4 Å². The number of amides is 1. The van der Waals surface area contributed by atoms with E-state index in [1.807, 2.05) is 13.8 Å². The highest BCUT2D eigenvalue weighted by molar-refractivity contribution is 6.46. The SMILES string of the molecule is CC.COc1cc2c3c(cnc2c(Cl)c1Cl)CN(C(=O)Cn1ccccc1=O)C3. The van der Waals surface area contributed by atoms with Gasteiger partial charge in [-0.15, -0.1) is 0 Å². The van der Waals surface area contributed by atoms with Crippen molar-refractivity contribution in [2.75, 3.05) is 7.11 Å². The lowest BCUT2D eigenvalue weighted by Crippen LogP contribution is -2.32. The summed E-state index contributed by atoms with van der Waals surface area (Å²) in [6.07, 6.45) is 3.32. The number of rotatable bonds is 3. The summed E-state index contributed by atoms with van der Waals surface area (Å²) >= 11 is 12.6. The molecule has 152 valence electrons. The second kappa shape index (κ2) is 8.84. The zero-order chi connectivity index (χ0) is 21.1. The Bertz CT molecular complexity index is 1130. The molecule has 0 saturated heterocycles. The summed E-state index contributed by atoms with van der Waals surface area (Å²) < 4.78 is 6.69. The van der Waals surface area contributed by atoms with Gasteiger partial charge in [-0.2, -0.15) is 0 Å². The maximum atomic E-state index is 12.7. The minimum atomic E-state index is -0.208. The molecule has 0 atom stereocenters. The van der Waals surface area contributed by atoms with Crippen molar-refractivity contribution in [1.82, 2.24) is 14.5 Å². The summed E-state index contributed by atoms with van der Waals surface area (Å²) in [6, 6.07) is 6.60. The van der Waals surface area contributed by atoms with Crippen molar-refractivity contribution in [2.24, 2.45) is 0 Å². The summed E-state index contributed by atoms with van der Waals surface area (Å²) in [6.45, 7) is 4.84. The van der Waals surface area contributed by atoms with E-state index < -0.39 is 0 Å². The largest absolute Gasteiger partial charge is 0.495 e. The summed E-state index contributed by atoms with van der Waals surface area (Å²) in [7, 11) is 1.52. The second-order valence-electron chi connectivity index (χ2n) is 6.28. The minimum Gasteiger partial charge on any atom is -0.495 e. The van der Waals surface area contributed by atoms with Gasteiger partial charge in [0.1, 0.15) is 17.3 Å². The van der Waals surface area contributed by atoms with Gasteiger partial charge in [-0.3, -0.25) is 14.6 Å². The first-order chi connectivity index (χ1) is 14.0. The molecule has 29 heavy (non-hydrogen) atoms. The Morgan fingerprint density at radius 2 is 1.97 bits per heavy atom. The maximum Gasteiger partial charge on any atom is 0.250 e. The fourth-order valence-corrected chi connectivity index (χ4v) is 3.74. The quantitative estimate of drug-likeness (QED) is 0.618. The average Bonchev–Trinajstić information content (AvgIpc) is 3.18. The van der Waals surface area contributed by atoms with Gasteiger partial charge >= 0.3 is 0 Å². The number of pyridine rings is 2. The average molecular weight is 434 g/mol. The lowest BCUT2D eigenvalue weighted by Gasteiger charge is -2.16. The van der Waals surface area contributed by atoms with E-state index in [-0.39, 0.29) is 18.0 Å². The van der Waals surface area contributed by atoms with E-state index in [1.54, 1.807) is 35.5 Å². The van der Waals surface area contributed by atoms with Crippen molar-refractivity contribution in [1.29, 1.82) is 0 Å². The van der Waals surface area contributed by atoms with Gasteiger partial charge in [0.2, 0.25) is 5.91 Å². The molecule has 0 spiro atoms. The number of carbonyl (C=O) groups is 1. The third kappa shape index (κ3) is 3.95. The first-order valence-electron chi connectivity index (χ1n) is 9.25. The molecule has 3 heterocycles. The number of hydrogen-bond donors (Lipinski definition) is 0. The zero-order valence-electron chi connectivity index (χ0n) is 16.4. The van der Waals surface area contributed by atoms with Crippen molar-refractivity contribution in [2.45, 2.75) is 33.5 Å². The van der Waals surface area contributed by atoms with Crippen LogP contribution >= 0.6 is 23.2 Å². The van der Waals surface area contributed by atoms with Crippen LogP contribution in [0.2, 0.25) is 10.0 Å². The van der Waals surface area contributed by atoms with Gasteiger partial charge in [-0.25, -0.2) is 0 Å². The van der Waals surface area contributed by atoms with Gasteiger partial charge in [0.05, 0.1) is 17.6 Å². The first kappa shape index (κ1) is 21.1. The van der Waals surface area contributed by atoms with Crippen LogP contribution in [0.15, 0.2) is 41.5 Å². The predicted octanol–water partition coefficient (Wildman–Crippen LogP) is 4.28. The van der Waals surface area contributed by atoms with Crippen molar-refractivity contribution in [3.8, 4) is 5.75 Å². The van der Waals surface area contributed by atoms with Gasteiger partial charge in [0.15, 0.2) is 0 Å². The molecule has 1 aliphatic heterocycles. The van der Waals surface area contributed by atoms with Crippen molar-refractivity contribution >= 4 is 40.0 Å². The Morgan fingerprint density at radius 1 is 1.21 bits per heavy atom. The molecule has 0 unspecified atom stereocenters. The van der Waals surface area contributed by atoms with E-state index in [2.05, 4.69) is 4.98 Å². The van der Waals surface area contributed by atoms with E-state index in [9.17, 15) is 9.59 Å². The lowest BCUT2D eigenvalue weighted by atomic mass is 10.1. The molecule has 0 N–H and O–H groups in total.